The van der Waals surface area contributed by atoms with Crippen LogP contribution in [-0.4, -0.2) is 28.6 Å². The first kappa shape index (κ1) is 12.3. The summed E-state index contributed by atoms with van der Waals surface area (Å²) in [5.41, 5.74) is 0.514. The Morgan fingerprint density at radius 1 is 1.53 bits per heavy atom. The number of nitrogens with one attached hydrogen (secondary N) is 1. The lowest BCUT2D eigenvalue weighted by Gasteiger charge is -2.40. The van der Waals surface area contributed by atoms with Gasteiger partial charge < -0.3 is 10.4 Å². The molecular weight excluding hydrogens is 234 g/mol. The fourth-order valence-corrected chi connectivity index (χ4v) is 2.93. The highest BCUT2D eigenvalue weighted by molar-refractivity contribution is 8.00. The Hall–Kier alpha value is -1.16. The van der Waals surface area contributed by atoms with Crippen molar-refractivity contribution in [1.29, 1.82) is 0 Å². The fraction of sp³-hybridized carbons (Fsp3) is 0.462. The molecule has 1 amide bonds. The highest BCUT2D eigenvalue weighted by Gasteiger charge is 2.36. The summed E-state index contributed by atoms with van der Waals surface area (Å²) in [4.78, 5) is 11.9. The van der Waals surface area contributed by atoms with E-state index in [0.717, 1.165) is 0 Å². The van der Waals surface area contributed by atoms with Gasteiger partial charge in [-0.2, -0.15) is 11.8 Å². The molecule has 0 aliphatic heterocycles. The van der Waals surface area contributed by atoms with E-state index in [1.54, 1.807) is 18.2 Å². The number of benzene rings is 1. The monoisotopic (exact) mass is 251 g/mol. The summed E-state index contributed by atoms with van der Waals surface area (Å²) in [5.74, 6) is 0.0158. The molecule has 2 N–H and O–H groups in total. The van der Waals surface area contributed by atoms with Crippen molar-refractivity contribution in [3.8, 4) is 5.75 Å². The van der Waals surface area contributed by atoms with Gasteiger partial charge in [0.2, 0.25) is 0 Å². The molecule has 1 aromatic carbocycles. The lowest BCUT2D eigenvalue weighted by Crippen LogP contribution is -2.45. The third-order valence-electron chi connectivity index (χ3n) is 3.38. The summed E-state index contributed by atoms with van der Waals surface area (Å²) in [5, 5.41) is 12.3. The molecule has 3 nitrogen and oxygen atoms in total. The number of amides is 1. The van der Waals surface area contributed by atoms with E-state index in [2.05, 4.69) is 11.6 Å². The van der Waals surface area contributed by atoms with Crippen LogP contribution in [0.5, 0.6) is 5.75 Å². The van der Waals surface area contributed by atoms with Crippen LogP contribution in [0.25, 0.3) is 0 Å². The Labute approximate surface area is 106 Å². The summed E-state index contributed by atoms with van der Waals surface area (Å²) in [6, 6.07) is 6.44. The molecule has 0 atom stereocenters. The molecule has 0 radical (unpaired) electrons. The lowest BCUT2D eigenvalue weighted by atomic mass is 9.84. The number of phenols is 1. The fourth-order valence-electron chi connectivity index (χ4n) is 2.01. The van der Waals surface area contributed by atoms with Crippen LogP contribution in [-0.2, 0) is 0 Å². The quantitative estimate of drug-likeness (QED) is 0.864. The Bertz CT molecular complexity index is 410. The SMILES string of the molecule is CSC1(CNC(=O)c2cccc(O)c2)CCC1. The minimum absolute atomic E-state index is 0.110. The summed E-state index contributed by atoms with van der Waals surface area (Å²) in [6.07, 6.45) is 5.70. The average Bonchev–Trinajstić information content (AvgIpc) is 2.28. The van der Waals surface area contributed by atoms with E-state index in [0.29, 0.717) is 12.1 Å². The van der Waals surface area contributed by atoms with Crippen LogP contribution in [0.2, 0.25) is 0 Å². The Morgan fingerprint density at radius 3 is 2.82 bits per heavy atom. The van der Waals surface area contributed by atoms with Crippen LogP contribution in [0.3, 0.4) is 0 Å². The smallest absolute Gasteiger partial charge is 0.251 e. The molecule has 0 heterocycles. The van der Waals surface area contributed by atoms with E-state index in [1.807, 2.05) is 11.8 Å². The number of thioether (sulfide) groups is 1. The maximum atomic E-state index is 11.9. The van der Waals surface area contributed by atoms with Crippen molar-refractivity contribution in [1.82, 2.24) is 5.32 Å². The van der Waals surface area contributed by atoms with Crippen LogP contribution in [0.15, 0.2) is 24.3 Å². The van der Waals surface area contributed by atoms with E-state index < -0.39 is 0 Å². The molecule has 1 aliphatic carbocycles. The molecule has 92 valence electrons. The van der Waals surface area contributed by atoms with Gasteiger partial charge in [-0.1, -0.05) is 12.5 Å². The predicted molar refractivity (Wildman–Crippen MR) is 70.5 cm³/mol. The number of hydrogen-bond donors (Lipinski definition) is 2. The zero-order valence-corrected chi connectivity index (χ0v) is 10.7. The molecule has 4 heteroatoms. The topological polar surface area (TPSA) is 49.3 Å². The lowest BCUT2D eigenvalue weighted by molar-refractivity contribution is 0.0943. The van der Waals surface area contributed by atoms with Gasteiger partial charge in [0.1, 0.15) is 5.75 Å². The first-order valence-electron chi connectivity index (χ1n) is 5.78. The van der Waals surface area contributed by atoms with Gasteiger partial charge in [-0.05, 0) is 37.3 Å². The zero-order valence-electron chi connectivity index (χ0n) is 9.90. The van der Waals surface area contributed by atoms with Crippen molar-refractivity contribution >= 4 is 17.7 Å². The van der Waals surface area contributed by atoms with Gasteiger partial charge in [0, 0.05) is 16.9 Å². The van der Waals surface area contributed by atoms with E-state index in [1.165, 1.54) is 25.3 Å². The molecule has 0 unspecified atom stereocenters. The number of aromatic hydroxyl groups is 1. The molecule has 0 aromatic heterocycles. The van der Waals surface area contributed by atoms with Crippen molar-refractivity contribution in [3.05, 3.63) is 29.8 Å². The standard InChI is InChI=1S/C13H17NO2S/c1-17-13(6-3-7-13)9-14-12(16)10-4-2-5-11(15)8-10/h2,4-5,8,15H,3,6-7,9H2,1H3,(H,14,16). The van der Waals surface area contributed by atoms with Gasteiger partial charge in [-0.25, -0.2) is 0 Å². The van der Waals surface area contributed by atoms with Gasteiger partial charge in [0.15, 0.2) is 0 Å². The van der Waals surface area contributed by atoms with Crippen molar-refractivity contribution < 1.29 is 9.90 Å². The molecule has 2 rings (SSSR count). The molecule has 1 aromatic rings. The number of phenolic OH excluding ortho intramolecular Hbond substituents is 1. The second kappa shape index (κ2) is 5.00. The zero-order chi connectivity index (χ0) is 12.3. The summed E-state index contributed by atoms with van der Waals surface area (Å²) in [6.45, 7) is 0.711. The average molecular weight is 251 g/mol. The van der Waals surface area contributed by atoms with Gasteiger partial charge in [-0.15, -0.1) is 0 Å². The highest BCUT2D eigenvalue weighted by atomic mass is 32.2. The van der Waals surface area contributed by atoms with Crippen molar-refractivity contribution in [2.24, 2.45) is 0 Å². The molecular formula is C13H17NO2S. The van der Waals surface area contributed by atoms with Gasteiger partial charge in [0.25, 0.3) is 5.91 Å². The number of rotatable bonds is 4. The van der Waals surface area contributed by atoms with E-state index in [9.17, 15) is 9.90 Å². The second-order valence-electron chi connectivity index (χ2n) is 4.47. The van der Waals surface area contributed by atoms with Crippen LogP contribution in [0.4, 0.5) is 0 Å². The number of hydrogen-bond acceptors (Lipinski definition) is 3. The third-order valence-corrected chi connectivity index (χ3v) is 4.80. The van der Waals surface area contributed by atoms with Gasteiger partial charge in [0.05, 0.1) is 0 Å². The van der Waals surface area contributed by atoms with E-state index in [-0.39, 0.29) is 16.4 Å². The Morgan fingerprint density at radius 2 is 2.29 bits per heavy atom. The summed E-state index contributed by atoms with van der Waals surface area (Å²) < 4.78 is 0.243. The molecule has 0 saturated heterocycles. The van der Waals surface area contributed by atoms with Crippen LogP contribution < -0.4 is 5.32 Å². The predicted octanol–water partition coefficient (Wildman–Crippen LogP) is 2.41. The van der Waals surface area contributed by atoms with Gasteiger partial charge >= 0.3 is 0 Å². The van der Waals surface area contributed by atoms with E-state index >= 15 is 0 Å². The molecule has 1 fully saturated rings. The van der Waals surface area contributed by atoms with Gasteiger partial charge in [-0.3, -0.25) is 4.79 Å². The normalized spacial score (nSPS) is 17.2. The third kappa shape index (κ3) is 2.75. The first-order valence-corrected chi connectivity index (χ1v) is 7.00. The summed E-state index contributed by atoms with van der Waals surface area (Å²) >= 11 is 1.84. The van der Waals surface area contributed by atoms with Crippen LogP contribution in [0.1, 0.15) is 29.6 Å². The number of carbonyl (C=O) groups is 1. The molecule has 17 heavy (non-hydrogen) atoms. The molecule has 0 bridgehead atoms. The molecule has 1 saturated carbocycles. The number of carbonyl (C=O) groups excluding carboxylic acids is 1. The second-order valence-corrected chi connectivity index (χ2v) is 5.75. The maximum absolute atomic E-state index is 11.9. The van der Waals surface area contributed by atoms with Crippen molar-refractivity contribution in [2.75, 3.05) is 12.8 Å². The minimum Gasteiger partial charge on any atom is -0.508 e. The Kier molecular flexibility index (Phi) is 3.62. The molecule has 0 spiro atoms. The first-order chi connectivity index (χ1) is 8.15. The van der Waals surface area contributed by atoms with Crippen molar-refractivity contribution in [3.63, 3.8) is 0 Å². The summed E-state index contributed by atoms with van der Waals surface area (Å²) in [7, 11) is 0. The largest absolute Gasteiger partial charge is 0.508 e. The van der Waals surface area contributed by atoms with E-state index in [4.69, 9.17) is 0 Å². The molecule has 1 aliphatic rings. The van der Waals surface area contributed by atoms with Crippen molar-refractivity contribution in [2.45, 2.75) is 24.0 Å². The minimum atomic E-state index is -0.110. The highest BCUT2D eigenvalue weighted by Crippen LogP contribution is 2.42. The Balaban J connectivity index is 1.93. The van der Waals surface area contributed by atoms with Crippen LogP contribution in [0, 0.1) is 0 Å². The van der Waals surface area contributed by atoms with Crippen LogP contribution >= 0.6 is 11.8 Å². The maximum Gasteiger partial charge on any atom is 0.251 e.